The first kappa shape index (κ1) is 15.7. The van der Waals surface area contributed by atoms with E-state index in [0.717, 1.165) is 22.9 Å². The second-order valence-corrected chi connectivity index (χ2v) is 5.42. The molecule has 0 saturated carbocycles. The van der Waals surface area contributed by atoms with Crippen molar-refractivity contribution in [3.05, 3.63) is 48.2 Å². The van der Waals surface area contributed by atoms with Gasteiger partial charge >= 0.3 is 0 Å². The van der Waals surface area contributed by atoms with Gasteiger partial charge in [-0.05, 0) is 30.8 Å². The predicted octanol–water partition coefficient (Wildman–Crippen LogP) is 3.07. The molecule has 0 fully saturated rings. The third-order valence-electron chi connectivity index (χ3n) is 2.90. The van der Waals surface area contributed by atoms with E-state index in [0.29, 0.717) is 5.88 Å². The van der Waals surface area contributed by atoms with Gasteiger partial charge in [0, 0.05) is 23.0 Å². The smallest absolute Gasteiger partial charge is 0.237 e. The first-order valence-corrected chi connectivity index (χ1v) is 7.69. The number of nitrogens with one attached hydrogen (secondary N) is 1. The number of aromatic nitrogens is 2. The minimum Gasteiger partial charge on any atom is -0.480 e. The zero-order chi connectivity index (χ0) is 15.1. The van der Waals surface area contributed by atoms with Crippen LogP contribution >= 0.6 is 11.8 Å². The molecule has 1 atom stereocenters. The van der Waals surface area contributed by atoms with Crippen molar-refractivity contribution in [3.63, 3.8) is 0 Å². The van der Waals surface area contributed by atoms with Gasteiger partial charge in [-0.15, -0.1) is 11.8 Å². The number of hydrogen-bond donors (Lipinski definition) is 1. The Hall–Kier alpha value is -1.66. The van der Waals surface area contributed by atoms with Crippen molar-refractivity contribution in [1.29, 1.82) is 0 Å². The average molecular weight is 307 g/mol. The lowest BCUT2D eigenvalue weighted by Gasteiger charge is -2.18. The summed E-state index contributed by atoms with van der Waals surface area (Å²) in [4.78, 5) is 9.57. The van der Waals surface area contributed by atoms with Crippen LogP contribution in [0.25, 0.3) is 0 Å². The van der Waals surface area contributed by atoms with Crippen molar-refractivity contribution < 1.29 is 9.13 Å². The molecule has 1 unspecified atom stereocenters. The van der Waals surface area contributed by atoms with Crippen LogP contribution in [0.3, 0.4) is 0 Å². The first-order chi connectivity index (χ1) is 10.2. The maximum Gasteiger partial charge on any atom is 0.237 e. The Balaban J connectivity index is 2.10. The maximum absolute atomic E-state index is 12.9. The molecule has 0 aliphatic carbocycles. The molecule has 0 aliphatic rings. The highest BCUT2D eigenvalue weighted by Gasteiger charge is 2.18. The van der Waals surface area contributed by atoms with Crippen LogP contribution in [0.1, 0.15) is 18.7 Å². The van der Waals surface area contributed by atoms with Crippen molar-refractivity contribution >= 4 is 11.8 Å². The van der Waals surface area contributed by atoms with E-state index in [1.807, 2.05) is 6.92 Å². The number of hydrogen-bond acceptors (Lipinski definition) is 5. The molecular formula is C15H18FN3OS. The van der Waals surface area contributed by atoms with E-state index >= 15 is 0 Å². The molecule has 0 amide bonds. The molecule has 1 aromatic heterocycles. The van der Waals surface area contributed by atoms with Gasteiger partial charge in [-0.1, -0.05) is 6.92 Å². The minimum absolute atomic E-state index is 0.0219. The summed E-state index contributed by atoms with van der Waals surface area (Å²) >= 11 is 1.64. The molecule has 2 aromatic rings. The third kappa shape index (κ3) is 4.41. The van der Waals surface area contributed by atoms with Crippen molar-refractivity contribution in [3.8, 4) is 5.88 Å². The minimum atomic E-state index is -0.224. The second-order valence-electron chi connectivity index (χ2n) is 4.33. The monoisotopic (exact) mass is 307 g/mol. The molecule has 0 radical (unpaired) electrons. The van der Waals surface area contributed by atoms with E-state index in [1.54, 1.807) is 43.4 Å². The molecule has 112 valence electrons. The molecule has 4 nitrogen and oxygen atoms in total. The molecule has 6 heteroatoms. The number of methoxy groups -OCH3 is 1. The molecule has 1 aromatic carbocycles. The fourth-order valence-electron chi connectivity index (χ4n) is 1.92. The lowest BCUT2D eigenvalue weighted by molar-refractivity contribution is 0.381. The Kier molecular flexibility index (Phi) is 5.95. The Morgan fingerprint density at radius 2 is 1.95 bits per heavy atom. The van der Waals surface area contributed by atoms with Gasteiger partial charge in [0.05, 0.1) is 13.2 Å². The topological polar surface area (TPSA) is 47.0 Å². The van der Waals surface area contributed by atoms with Crippen molar-refractivity contribution in [2.45, 2.75) is 17.9 Å². The number of thioether (sulfide) groups is 1. The summed E-state index contributed by atoms with van der Waals surface area (Å²) in [5, 5.41) is 3.38. The van der Waals surface area contributed by atoms with Crippen LogP contribution in [-0.2, 0) is 0 Å². The lowest BCUT2D eigenvalue weighted by Crippen LogP contribution is -2.24. The first-order valence-electron chi connectivity index (χ1n) is 6.71. The Morgan fingerprint density at radius 1 is 1.24 bits per heavy atom. The summed E-state index contributed by atoms with van der Waals surface area (Å²) in [6, 6.07) is 6.50. The Bertz CT molecular complexity index is 565. The standard InChI is InChI=1S/C15H18FN3OS/c1-3-17-13(14-15(20-2)19-9-8-18-14)10-21-12-6-4-11(16)5-7-12/h4-9,13,17H,3,10H2,1-2H3. The summed E-state index contributed by atoms with van der Waals surface area (Å²) < 4.78 is 18.2. The van der Waals surface area contributed by atoms with Gasteiger partial charge in [0.15, 0.2) is 0 Å². The third-order valence-corrected chi connectivity index (χ3v) is 4.00. The van der Waals surface area contributed by atoms with Crippen LogP contribution in [-0.4, -0.2) is 29.4 Å². The molecule has 1 N–H and O–H groups in total. The van der Waals surface area contributed by atoms with Crippen LogP contribution in [0.4, 0.5) is 4.39 Å². The summed E-state index contributed by atoms with van der Waals surface area (Å²) in [7, 11) is 1.59. The SMILES string of the molecule is CCNC(CSc1ccc(F)cc1)c1nccnc1OC. The van der Waals surface area contributed by atoms with Crippen molar-refractivity contribution in [2.24, 2.45) is 0 Å². The molecule has 2 rings (SSSR count). The van der Waals surface area contributed by atoms with Gasteiger partial charge in [0.1, 0.15) is 11.5 Å². The largest absolute Gasteiger partial charge is 0.480 e. The van der Waals surface area contributed by atoms with Crippen LogP contribution in [0, 0.1) is 5.82 Å². The number of benzene rings is 1. The van der Waals surface area contributed by atoms with E-state index in [2.05, 4.69) is 15.3 Å². The lowest BCUT2D eigenvalue weighted by atomic mass is 10.2. The summed E-state index contributed by atoms with van der Waals surface area (Å²) in [6.45, 7) is 2.85. The Labute approximate surface area is 128 Å². The zero-order valence-corrected chi connectivity index (χ0v) is 12.9. The highest BCUT2D eigenvalue weighted by molar-refractivity contribution is 7.99. The molecule has 0 aliphatic heterocycles. The van der Waals surface area contributed by atoms with Crippen LogP contribution in [0.5, 0.6) is 5.88 Å². The highest BCUT2D eigenvalue weighted by Crippen LogP contribution is 2.27. The van der Waals surface area contributed by atoms with E-state index in [1.165, 1.54) is 12.1 Å². The normalized spacial score (nSPS) is 12.1. The maximum atomic E-state index is 12.9. The van der Waals surface area contributed by atoms with Gasteiger partial charge in [-0.3, -0.25) is 4.98 Å². The van der Waals surface area contributed by atoms with Gasteiger partial charge < -0.3 is 10.1 Å². The highest BCUT2D eigenvalue weighted by atomic mass is 32.2. The van der Waals surface area contributed by atoms with E-state index in [9.17, 15) is 4.39 Å². The fourth-order valence-corrected chi connectivity index (χ4v) is 2.89. The van der Waals surface area contributed by atoms with Gasteiger partial charge in [0.25, 0.3) is 0 Å². The zero-order valence-electron chi connectivity index (χ0n) is 12.0. The number of halogens is 1. The molecule has 21 heavy (non-hydrogen) atoms. The van der Waals surface area contributed by atoms with Gasteiger partial charge in [-0.25, -0.2) is 9.37 Å². The molecule has 0 bridgehead atoms. The molecule has 0 saturated heterocycles. The van der Waals surface area contributed by atoms with E-state index in [-0.39, 0.29) is 11.9 Å². The summed E-state index contributed by atoms with van der Waals surface area (Å²) in [5.74, 6) is 1.07. The summed E-state index contributed by atoms with van der Waals surface area (Å²) in [6.07, 6.45) is 3.27. The second kappa shape index (κ2) is 7.95. The van der Waals surface area contributed by atoms with Crippen LogP contribution in [0.15, 0.2) is 41.6 Å². The number of rotatable bonds is 7. The van der Waals surface area contributed by atoms with Crippen molar-refractivity contribution in [1.82, 2.24) is 15.3 Å². The quantitative estimate of drug-likeness (QED) is 0.797. The van der Waals surface area contributed by atoms with Crippen molar-refractivity contribution in [2.75, 3.05) is 19.4 Å². The van der Waals surface area contributed by atoms with Crippen LogP contribution in [0.2, 0.25) is 0 Å². The molecule has 1 heterocycles. The average Bonchev–Trinajstić information content (AvgIpc) is 2.53. The van der Waals surface area contributed by atoms with Gasteiger partial charge in [-0.2, -0.15) is 0 Å². The fraction of sp³-hybridized carbons (Fsp3) is 0.333. The van der Waals surface area contributed by atoms with Crippen LogP contribution < -0.4 is 10.1 Å². The number of nitrogens with zero attached hydrogens (tertiary/aromatic N) is 2. The molecule has 0 spiro atoms. The van der Waals surface area contributed by atoms with Gasteiger partial charge in [0.2, 0.25) is 5.88 Å². The van der Waals surface area contributed by atoms with E-state index < -0.39 is 0 Å². The Morgan fingerprint density at radius 3 is 2.62 bits per heavy atom. The summed E-state index contributed by atoms with van der Waals surface area (Å²) in [5.41, 5.74) is 0.788. The molecular weight excluding hydrogens is 289 g/mol. The number of ether oxygens (including phenoxy) is 1. The van der Waals surface area contributed by atoms with E-state index in [4.69, 9.17) is 4.74 Å². The predicted molar refractivity (Wildman–Crippen MR) is 82.1 cm³/mol.